The molecule has 1 rings (SSSR count). The Balaban J connectivity index is 2.09. The third-order valence-electron chi connectivity index (χ3n) is 3.37. The van der Waals surface area contributed by atoms with Crippen LogP contribution in [0.25, 0.3) is 0 Å². The maximum Gasteiger partial charge on any atom is 0.222 e. The molecule has 0 bridgehead atoms. The highest BCUT2D eigenvalue weighted by Crippen LogP contribution is 2.00. The quantitative estimate of drug-likeness (QED) is 0.649. The molecule has 1 atom stereocenters. The number of nitrogens with one attached hydrogen (secondary N) is 1. The van der Waals surface area contributed by atoms with E-state index in [0.717, 1.165) is 45.7 Å². The zero-order chi connectivity index (χ0) is 12.7. The van der Waals surface area contributed by atoms with Crippen molar-refractivity contribution in [3.63, 3.8) is 0 Å². The lowest BCUT2D eigenvalue weighted by atomic mass is 10.1. The van der Waals surface area contributed by atoms with E-state index in [4.69, 9.17) is 5.73 Å². The number of piperazine rings is 1. The van der Waals surface area contributed by atoms with Crippen LogP contribution < -0.4 is 11.1 Å². The van der Waals surface area contributed by atoms with Gasteiger partial charge in [-0.05, 0) is 20.0 Å². The first-order valence-corrected chi connectivity index (χ1v) is 6.52. The third kappa shape index (κ3) is 5.48. The molecule has 1 saturated heterocycles. The van der Waals surface area contributed by atoms with Gasteiger partial charge in [-0.15, -0.1) is 0 Å². The molecule has 5 nitrogen and oxygen atoms in total. The molecule has 0 aromatic heterocycles. The predicted octanol–water partition coefficient (Wildman–Crippen LogP) is -0.665. The summed E-state index contributed by atoms with van der Waals surface area (Å²) >= 11 is 0. The van der Waals surface area contributed by atoms with Crippen molar-refractivity contribution >= 4 is 5.91 Å². The summed E-state index contributed by atoms with van der Waals surface area (Å²) in [5.74, 6) is 0.164. The van der Waals surface area contributed by atoms with E-state index in [0.29, 0.717) is 6.54 Å². The Labute approximate surface area is 104 Å². The average Bonchev–Trinajstić information content (AvgIpc) is 2.32. The Morgan fingerprint density at radius 2 is 2.00 bits per heavy atom. The Morgan fingerprint density at radius 3 is 2.59 bits per heavy atom. The number of amides is 1. The molecular weight excluding hydrogens is 216 g/mol. The fourth-order valence-corrected chi connectivity index (χ4v) is 1.96. The lowest BCUT2D eigenvalue weighted by Crippen LogP contribution is -2.47. The average molecular weight is 242 g/mol. The molecule has 5 heteroatoms. The van der Waals surface area contributed by atoms with E-state index in [-0.39, 0.29) is 11.8 Å². The van der Waals surface area contributed by atoms with Crippen molar-refractivity contribution in [2.45, 2.75) is 13.3 Å². The van der Waals surface area contributed by atoms with Crippen molar-refractivity contribution in [1.29, 1.82) is 0 Å². The summed E-state index contributed by atoms with van der Waals surface area (Å²) < 4.78 is 0. The first-order chi connectivity index (χ1) is 8.13. The second kappa shape index (κ2) is 7.63. The highest BCUT2D eigenvalue weighted by molar-refractivity contribution is 5.78. The molecule has 3 N–H and O–H groups in total. The van der Waals surface area contributed by atoms with Gasteiger partial charge in [-0.25, -0.2) is 0 Å². The van der Waals surface area contributed by atoms with Crippen LogP contribution in [0.2, 0.25) is 0 Å². The topological polar surface area (TPSA) is 61.6 Å². The van der Waals surface area contributed by atoms with E-state index in [9.17, 15) is 4.79 Å². The second-order valence-corrected chi connectivity index (χ2v) is 4.91. The van der Waals surface area contributed by atoms with Gasteiger partial charge in [-0.2, -0.15) is 0 Å². The number of nitrogens with two attached hydrogens (primary N) is 1. The van der Waals surface area contributed by atoms with Crippen molar-refractivity contribution in [3.05, 3.63) is 0 Å². The molecule has 0 spiro atoms. The minimum atomic E-state index is 0.0347. The third-order valence-corrected chi connectivity index (χ3v) is 3.37. The van der Waals surface area contributed by atoms with Crippen LogP contribution in [0.15, 0.2) is 0 Å². The smallest absolute Gasteiger partial charge is 0.222 e. The number of hydrogen-bond acceptors (Lipinski definition) is 4. The van der Waals surface area contributed by atoms with Gasteiger partial charge in [0.25, 0.3) is 0 Å². The van der Waals surface area contributed by atoms with E-state index in [1.165, 1.54) is 0 Å². The summed E-state index contributed by atoms with van der Waals surface area (Å²) in [5, 5.41) is 2.98. The summed E-state index contributed by atoms with van der Waals surface area (Å²) in [5.41, 5.74) is 5.43. The molecule has 0 radical (unpaired) electrons. The first kappa shape index (κ1) is 14.4. The number of carbonyl (C=O) groups is 1. The highest BCUT2D eigenvalue weighted by Gasteiger charge is 2.14. The standard InChI is InChI=1S/C12H26N4O/c1-11(3-4-13)12(17)14-5-6-16-9-7-15(2)8-10-16/h11H,3-10,13H2,1-2H3,(H,14,17). The largest absolute Gasteiger partial charge is 0.355 e. The summed E-state index contributed by atoms with van der Waals surface area (Å²) in [4.78, 5) is 16.4. The van der Waals surface area contributed by atoms with Crippen molar-refractivity contribution in [2.24, 2.45) is 11.7 Å². The maximum absolute atomic E-state index is 11.6. The van der Waals surface area contributed by atoms with Gasteiger partial charge in [0.2, 0.25) is 5.91 Å². The van der Waals surface area contributed by atoms with E-state index in [1.807, 2.05) is 6.92 Å². The van der Waals surface area contributed by atoms with Crippen LogP contribution in [-0.4, -0.2) is 68.6 Å². The zero-order valence-corrected chi connectivity index (χ0v) is 11.1. The fraction of sp³-hybridized carbons (Fsp3) is 0.917. The predicted molar refractivity (Wildman–Crippen MR) is 69.8 cm³/mol. The molecule has 1 unspecified atom stereocenters. The van der Waals surface area contributed by atoms with Gasteiger partial charge in [0.1, 0.15) is 0 Å². The van der Waals surface area contributed by atoms with Crippen LogP contribution in [0, 0.1) is 5.92 Å². The molecule has 1 aliphatic heterocycles. The minimum Gasteiger partial charge on any atom is -0.355 e. The van der Waals surface area contributed by atoms with Crippen molar-refractivity contribution < 1.29 is 4.79 Å². The Kier molecular flexibility index (Phi) is 6.47. The number of nitrogens with zero attached hydrogens (tertiary/aromatic N) is 2. The molecule has 0 aromatic rings. The van der Waals surface area contributed by atoms with Crippen molar-refractivity contribution in [2.75, 3.05) is 52.9 Å². The summed E-state index contributed by atoms with van der Waals surface area (Å²) in [6.07, 6.45) is 0.764. The van der Waals surface area contributed by atoms with E-state index < -0.39 is 0 Å². The van der Waals surface area contributed by atoms with Crippen molar-refractivity contribution in [3.8, 4) is 0 Å². The molecule has 0 saturated carbocycles. The van der Waals surface area contributed by atoms with Crippen LogP contribution in [-0.2, 0) is 4.79 Å². The number of hydrogen-bond donors (Lipinski definition) is 2. The van der Waals surface area contributed by atoms with Crippen molar-refractivity contribution in [1.82, 2.24) is 15.1 Å². The van der Waals surface area contributed by atoms with E-state index >= 15 is 0 Å². The fourth-order valence-electron chi connectivity index (χ4n) is 1.96. The molecule has 1 amide bonds. The van der Waals surface area contributed by atoms with Gasteiger partial charge >= 0.3 is 0 Å². The molecule has 1 heterocycles. The van der Waals surface area contributed by atoms with Gasteiger partial charge < -0.3 is 16.0 Å². The molecule has 0 aromatic carbocycles. The van der Waals surface area contributed by atoms with Crippen LogP contribution in [0.3, 0.4) is 0 Å². The summed E-state index contributed by atoms with van der Waals surface area (Å²) in [6.45, 7) is 8.65. The first-order valence-electron chi connectivity index (χ1n) is 6.52. The number of carbonyl (C=O) groups excluding carboxylic acids is 1. The summed E-state index contributed by atoms with van der Waals surface area (Å²) in [7, 11) is 2.15. The molecular formula is C12H26N4O. The zero-order valence-electron chi connectivity index (χ0n) is 11.1. The van der Waals surface area contributed by atoms with Gasteiger partial charge in [0.05, 0.1) is 0 Å². The molecule has 1 fully saturated rings. The molecule has 0 aliphatic carbocycles. The highest BCUT2D eigenvalue weighted by atomic mass is 16.1. The Bertz CT molecular complexity index is 227. The Morgan fingerprint density at radius 1 is 1.35 bits per heavy atom. The monoisotopic (exact) mass is 242 g/mol. The minimum absolute atomic E-state index is 0.0347. The summed E-state index contributed by atoms with van der Waals surface area (Å²) in [6, 6.07) is 0. The number of rotatable bonds is 6. The Hall–Kier alpha value is -0.650. The van der Waals surface area contributed by atoms with Gasteiger partial charge in [0, 0.05) is 45.2 Å². The number of likely N-dealkylation sites (N-methyl/N-ethyl adjacent to an activating group) is 1. The van der Waals surface area contributed by atoms with Crippen LogP contribution >= 0.6 is 0 Å². The lowest BCUT2D eigenvalue weighted by Gasteiger charge is -2.32. The molecule has 17 heavy (non-hydrogen) atoms. The lowest BCUT2D eigenvalue weighted by molar-refractivity contribution is -0.124. The second-order valence-electron chi connectivity index (χ2n) is 4.91. The van der Waals surface area contributed by atoms with Gasteiger partial charge in [-0.1, -0.05) is 6.92 Å². The van der Waals surface area contributed by atoms with Gasteiger partial charge in [0.15, 0.2) is 0 Å². The molecule has 100 valence electrons. The normalized spacial score (nSPS) is 20.2. The van der Waals surface area contributed by atoms with Crippen LogP contribution in [0.1, 0.15) is 13.3 Å². The van der Waals surface area contributed by atoms with Crippen LogP contribution in [0.5, 0.6) is 0 Å². The van der Waals surface area contributed by atoms with Crippen LogP contribution in [0.4, 0.5) is 0 Å². The van der Waals surface area contributed by atoms with E-state index in [2.05, 4.69) is 22.2 Å². The van der Waals surface area contributed by atoms with E-state index in [1.54, 1.807) is 0 Å². The SMILES string of the molecule is CC(CCN)C(=O)NCCN1CCN(C)CC1. The maximum atomic E-state index is 11.6. The van der Waals surface area contributed by atoms with Gasteiger partial charge in [-0.3, -0.25) is 9.69 Å². The molecule has 1 aliphatic rings.